The molecular formula is C14H19N3O4. The van der Waals surface area contributed by atoms with Gasteiger partial charge in [-0.3, -0.25) is 9.59 Å². The van der Waals surface area contributed by atoms with Crippen molar-refractivity contribution in [3.8, 4) is 0 Å². The Labute approximate surface area is 122 Å². The zero-order valence-corrected chi connectivity index (χ0v) is 11.8. The average molecular weight is 293 g/mol. The highest BCUT2D eigenvalue weighted by molar-refractivity contribution is 5.92. The zero-order valence-electron chi connectivity index (χ0n) is 11.8. The van der Waals surface area contributed by atoms with Crippen LogP contribution in [0, 0.1) is 0 Å². The highest BCUT2D eigenvalue weighted by atomic mass is 16.5. The fourth-order valence-electron chi connectivity index (χ4n) is 2.97. The van der Waals surface area contributed by atoms with Gasteiger partial charge in [0.05, 0.1) is 11.8 Å². The highest BCUT2D eigenvalue weighted by Gasteiger charge is 2.39. The monoisotopic (exact) mass is 293 g/mol. The Morgan fingerprint density at radius 3 is 2.90 bits per heavy atom. The number of carbonyl (C=O) groups excluding carboxylic acids is 1. The molecule has 1 amide bonds. The van der Waals surface area contributed by atoms with Gasteiger partial charge in [-0.1, -0.05) is 0 Å². The lowest BCUT2D eigenvalue weighted by Crippen LogP contribution is -2.51. The van der Waals surface area contributed by atoms with E-state index in [0.29, 0.717) is 19.8 Å². The number of ether oxygens (including phenoxy) is 2. The van der Waals surface area contributed by atoms with E-state index in [1.807, 2.05) is 0 Å². The fraction of sp³-hybridized carbons (Fsp3) is 0.643. The van der Waals surface area contributed by atoms with Crippen LogP contribution in [0.1, 0.15) is 36.2 Å². The summed E-state index contributed by atoms with van der Waals surface area (Å²) in [7, 11) is 0. The first kappa shape index (κ1) is 14.2. The fourth-order valence-corrected chi connectivity index (χ4v) is 2.97. The van der Waals surface area contributed by atoms with Crippen molar-refractivity contribution in [1.29, 1.82) is 0 Å². The van der Waals surface area contributed by atoms with Crippen LogP contribution in [-0.4, -0.2) is 47.3 Å². The Morgan fingerprint density at radius 1 is 1.38 bits per heavy atom. The topological polar surface area (TPSA) is 93.3 Å². The molecule has 0 unspecified atom stereocenters. The molecule has 0 aliphatic carbocycles. The van der Waals surface area contributed by atoms with Gasteiger partial charge in [0.2, 0.25) is 0 Å². The molecule has 2 aliphatic heterocycles. The van der Waals surface area contributed by atoms with E-state index in [9.17, 15) is 9.59 Å². The van der Waals surface area contributed by atoms with E-state index in [1.54, 1.807) is 0 Å². The van der Waals surface area contributed by atoms with Gasteiger partial charge in [-0.25, -0.2) is 4.98 Å². The Morgan fingerprint density at radius 2 is 2.19 bits per heavy atom. The van der Waals surface area contributed by atoms with Gasteiger partial charge in [-0.15, -0.1) is 0 Å². The first-order chi connectivity index (χ1) is 10.2. The molecule has 1 atom stereocenters. The summed E-state index contributed by atoms with van der Waals surface area (Å²) in [6, 6.07) is 0.0677. The largest absolute Gasteiger partial charge is 0.381 e. The van der Waals surface area contributed by atoms with Crippen molar-refractivity contribution in [2.24, 2.45) is 0 Å². The maximum absolute atomic E-state index is 12.1. The minimum atomic E-state index is -0.321. The van der Waals surface area contributed by atoms with Crippen molar-refractivity contribution < 1.29 is 14.3 Å². The van der Waals surface area contributed by atoms with Crippen LogP contribution >= 0.6 is 0 Å². The minimum Gasteiger partial charge on any atom is -0.381 e. The average Bonchev–Trinajstić information content (AvgIpc) is 2.49. The Bertz CT molecular complexity index is 540. The second-order valence-corrected chi connectivity index (χ2v) is 5.60. The SMILES string of the molecule is O=C(N[C@H]1CCOC2(CCOCC2)C1)c1c[nH]c(=O)cn1. The first-order valence-corrected chi connectivity index (χ1v) is 7.24. The smallest absolute Gasteiger partial charge is 0.271 e. The Hall–Kier alpha value is -1.73. The van der Waals surface area contributed by atoms with E-state index in [2.05, 4.69) is 15.3 Å². The molecule has 2 aliphatic rings. The molecule has 3 rings (SSSR count). The van der Waals surface area contributed by atoms with Gasteiger partial charge in [0.15, 0.2) is 0 Å². The van der Waals surface area contributed by atoms with Crippen LogP contribution in [0.15, 0.2) is 17.2 Å². The number of carbonyl (C=O) groups is 1. The van der Waals surface area contributed by atoms with Crippen LogP contribution in [0.25, 0.3) is 0 Å². The number of rotatable bonds is 2. The number of aromatic amines is 1. The summed E-state index contributed by atoms with van der Waals surface area (Å²) in [6.07, 6.45) is 5.77. The quantitative estimate of drug-likeness (QED) is 0.814. The number of aromatic nitrogens is 2. The predicted molar refractivity (Wildman–Crippen MR) is 74.1 cm³/mol. The molecule has 0 bridgehead atoms. The van der Waals surface area contributed by atoms with E-state index in [1.165, 1.54) is 6.20 Å². The molecule has 0 radical (unpaired) electrons. The normalized spacial score (nSPS) is 24.7. The maximum atomic E-state index is 12.1. The van der Waals surface area contributed by atoms with Gasteiger partial charge in [-0.05, 0) is 25.7 Å². The lowest BCUT2D eigenvalue weighted by atomic mass is 9.84. The summed E-state index contributed by atoms with van der Waals surface area (Å²) in [6.45, 7) is 2.06. The minimum absolute atomic E-state index is 0.0677. The van der Waals surface area contributed by atoms with Gasteiger partial charge in [0.25, 0.3) is 11.5 Å². The van der Waals surface area contributed by atoms with E-state index in [-0.39, 0.29) is 28.8 Å². The third-order valence-electron chi connectivity index (χ3n) is 4.14. The second-order valence-electron chi connectivity index (χ2n) is 5.60. The molecule has 114 valence electrons. The van der Waals surface area contributed by atoms with Gasteiger partial charge >= 0.3 is 0 Å². The van der Waals surface area contributed by atoms with Crippen LogP contribution in [0.4, 0.5) is 0 Å². The third kappa shape index (κ3) is 3.30. The standard InChI is InChI=1S/C14H19N3O4/c18-12-9-15-11(8-16-12)13(19)17-10-1-4-21-14(7-10)2-5-20-6-3-14/h8-10H,1-7H2,(H,16,18)(H,17,19)/t10-/m0/s1. The molecule has 2 fully saturated rings. The molecule has 1 aromatic rings. The van der Waals surface area contributed by atoms with Crippen LogP contribution in [-0.2, 0) is 9.47 Å². The lowest BCUT2D eigenvalue weighted by Gasteiger charge is -2.43. The van der Waals surface area contributed by atoms with E-state index >= 15 is 0 Å². The Balaban J connectivity index is 1.63. The molecular weight excluding hydrogens is 274 g/mol. The summed E-state index contributed by atoms with van der Waals surface area (Å²) in [5, 5.41) is 2.98. The van der Waals surface area contributed by atoms with E-state index < -0.39 is 0 Å². The van der Waals surface area contributed by atoms with Crippen LogP contribution < -0.4 is 10.9 Å². The van der Waals surface area contributed by atoms with E-state index in [4.69, 9.17) is 9.47 Å². The van der Waals surface area contributed by atoms with Crippen molar-refractivity contribution in [3.63, 3.8) is 0 Å². The van der Waals surface area contributed by atoms with E-state index in [0.717, 1.165) is 31.9 Å². The van der Waals surface area contributed by atoms with Crippen molar-refractivity contribution in [2.75, 3.05) is 19.8 Å². The van der Waals surface area contributed by atoms with Crippen LogP contribution in [0.2, 0.25) is 0 Å². The molecule has 2 saturated heterocycles. The summed E-state index contributed by atoms with van der Waals surface area (Å²) >= 11 is 0. The summed E-state index contributed by atoms with van der Waals surface area (Å²) < 4.78 is 11.3. The van der Waals surface area contributed by atoms with Gasteiger partial charge < -0.3 is 19.8 Å². The number of H-pyrrole nitrogens is 1. The van der Waals surface area contributed by atoms with Gasteiger partial charge in [0, 0.05) is 32.1 Å². The molecule has 1 spiro atoms. The highest BCUT2D eigenvalue weighted by Crippen LogP contribution is 2.34. The Kier molecular flexibility index (Phi) is 4.03. The number of amides is 1. The predicted octanol–water partition coefficient (Wildman–Crippen LogP) is 0.228. The second kappa shape index (κ2) is 5.95. The van der Waals surface area contributed by atoms with Crippen molar-refractivity contribution in [3.05, 3.63) is 28.4 Å². The molecule has 0 saturated carbocycles. The number of nitrogens with zero attached hydrogens (tertiary/aromatic N) is 1. The maximum Gasteiger partial charge on any atom is 0.271 e. The van der Waals surface area contributed by atoms with Crippen molar-refractivity contribution >= 4 is 5.91 Å². The van der Waals surface area contributed by atoms with Gasteiger partial charge in [0.1, 0.15) is 5.69 Å². The first-order valence-electron chi connectivity index (χ1n) is 7.24. The van der Waals surface area contributed by atoms with Crippen LogP contribution in [0.5, 0.6) is 0 Å². The lowest BCUT2D eigenvalue weighted by molar-refractivity contribution is -0.139. The summed E-state index contributed by atoms with van der Waals surface area (Å²) in [5.41, 5.74) is -0.256. The molecule has 7 nitrogen and oxygen atoms in total. The van der Waals surface area contributed by atoms with Crippen LogP contribution in [0.3, 0.4) is 0 Å². The van der Waals surface area contributed by atoms with Gasteiger partial charge in [-0.2, -0.15) is 0 Å². The number of hydrogen-bond donors (Lipinski definition) is 2. The molecule has 21 heavy (non-hydrogen) atoms. The summed E-state index contributed by atoms with van der Waals surface area (Å²) in [5.74, 6) is -0.264. The number of hydrogen-bond acceptors (Lipinski definition) is 5. The molecule has 1 aromatic heterocycles. The summed E-state index contributed by atoms with van der Waals surface area (Å²) in [4.78, 5) is 29.4. The molecule has 2 N–H and O–H groups in total. The molecule has 7 heteroatoms. The number of nitrogens with one attached hydrogen (secondary N) is 2. The van der Waals surface area contributed by atoms with Crippen molar-refractivity contribution in [2.45, 2.75) is 37.3 Å². The third-order valence-corrected chi connectivity index (χ3v) is 4.14. The molecule has 0 aromatic carbocycles. The van der Waals surface area contributed by atoms with Crippen molar-refractivity contribution in [1.82, 2.24) is 15.3 Å². The zero-order chi connectivity index (χ0) is 14.7. The molecule has 3 heterocycles.